The molecule has 10 nitrogen and oxygen atoms in total. The van der Waals surface area contributed by atoms with Crippen molar-refractivity contribution in [2.45, 2.75) is 45.3 Å². The van der Waals surface area contributed by atoms with Crippen molar-refractivity contribution in [2.24, 2.45) is 0 Å². The number of carbonyl (C=O) groups excluding carboxylic acids is 2. The van der Waals surface area contributed by atoms with Crippen LogP contribution in [0.25, 0.3) is 10.9 Å². The molecule has 0 bridgehead atoms. The Kier molecular flexibility index (Phi) is 10.8. The zero-order valence-electron chi connectivity index (χ0n) is 22.9. The van der Waals surface area contributed by atoms with Crippen LogP contribution in [0.5, 0.6) is 5.75 Å². The van der Waals surface area contributed by atoms with Gasteiger partial charge in [0, 0.05) is 11.9 Å². The summed E-state index contributed by atoms with van der Waals surface area (Å²) >= 11 is 12.3. The first kappa shape index (κ1) is 30.8. The molecule has 1 aromatic heterocycles. The van der Waals surface area contributed by atoms with Crippen molar-refractivity contribution in [3.05, 3.63) is 52.3 Å². The molecule has 0 aliphatic rings. The number of ether oxygens (including phenoxy) is 2. The lowest BCUT2D eigenvalue weighted by molar-refractivity contribution is 0.0526. The monoisotopic (exact) mass is 586 g/mol. The Labute approximate surface area is 243 Å². The molecule has 0 fully saturated rings. The summed E-state index contributed by atoms with van der Waals surface area (Å²) in [5.74, 6) is 7.12. The van der Waals surface area contributed by atoms with E-state index in [1.165, 1.54) is 13.4 Å². The van der Waals surface area contributed by atoms with Crippen LogP contribution in [0.3, 0.4) is 0 Å². The number of urea groups is 1. The van der Waals surface area contributed by atoms with Crippen molar-refractivity contribution in [1.29, 1.82) is 0 Å². The Balaban J connectivity index is 1.71. The highest BCUT2D eigenvalue weighted by Crippen LogP contribution is 2.31. The lowest BCUT2D eigenvalue weighted by Gasteiger charge is -2.19. The zero-order chi connectivity index (χ0) is 29.3. The molecule has 40 heavy (non-hydrogen) atoms. The molecular weight excluding hydrogens is 555 g/mol. The normalized spacial score (nSPS) is 11.7. The van der Waals surface area contributed by atoms with Gasteiger partial charge in [-0.25, -0.2) is 19.6 Å². The van der Waals surface area contributed by atoms with Crippen LogP contribution in [0.1, 0.15) is 39.2 Å². The van der Waals surface area contributed by atoms with E-state index in [2.05, 4.69) is 43.1 Å². The molecule has 4 N–H and O–H groups in total. The molecule has 3 aromatic rings. The van der Waals surface area contributed by atoms with Crippen LogP contribution in [0.2, 0.25) is 10.0 Å². The van der Waals surface area contributed by atoms with Gasteiger partial charge in [-0.05, 0) is 64.9 Å². The number of fused-ring (bicyclic) bond motifs is 1. The van der Waals surface area contributed by atoms with Crippen LogP contribution >= 0.6 is 23.2 Å². The second-order valence-corrected chi connectivity index (χ2v) is 10.5. The number of anilines is 2. The van der Waals surface area contributed by atoms with Crippen molar-refractivity contribution < 1.29 is 19.1 Å². The molecular formula is C28H32Cl2N6O4. The predicted octanol–water partition coefficient (Wildman–Crippen LogP) is 5.83. The number of hydrogen-bond donors (Lipinski definition) is 4. The van der Waals surface area contributed by atoms with Crippen molar-refractivity contribution >= 4 is 57.7 Å². The summed E-state index contributed by atoms with van der Waals surface area (Å²) in [7, 11) is 3.36. The number of nitrogens with zero attached hydrogens (tertiary/aromatic N) is 2. The number of carbonyl (C=O) groups is 2. The maximum Gasteiger partial charge on any atom is 0.407 e. The molecule has 1 unspecified atom stereocenters. The van der Waals surface area contributed by atoms with Crippen molar-refractivity contribution in [3.8, 4) is 17.6 Å². The Morgan fingerprint density at radius 3 is 2.48 bits per heavy atom. The molecule has 212 valence electrons. The first-order valence-corrected chi connectivity index (χ1v) is 13.3. The molecule has 12 heteroatoms. The number of alkyl carbamates (subject to hydrolysis) is 1. The van der Waals surface area contributed by atoms with Gasteiger partial charge < -0.3 is 25.4 Å². The predicted molar refractivity (Wildman–Crippen MR) is 158 cm³/mol. The summed E-state index contributed by atoms with van der Waals surface area (Å²) in [5, 5.41) is 12.4. The van der Waals surface area contributed by atoms with E-state index in [1.807, 2.05) is 27.8 Å². The quantitative estimate of drug-likeness (QED) is 0.193. The van der Waals surface area contributed by atoms with Gasteiger partial charge >= 0.3 is 12.1 Å². The van der Waals surface area contributed by atoms with Crippen molar-refractivity contribution in [2.75, 3.05) is 31.3 Å². The topological polar surface area (TPSA) is 127 Å². The van der Waals surface area contributed by atoms with Gasteiger partial charge in [0.05, 0.1) is 40.0 Å². The number of benzene rings is 2. The highest BCUT2D eigenvalue weighted by Gasteiger charge is 2.16. The molecule has 0 saturated carbocycles. The number of halogens is 2. The molecule has 0 aliphatic heterocycles. The summed E-state index contributed by atoms with van der Waals surface area (Å²) < 4.78 is 10.8. The van der Waals surface area contributed by atoms with Crippen molar-refractivity contribution in [3.63, 3.8) is 0 Å². The standard InChI is InChI=1S/C28H32Cl2N6O4/c1-28(2,3)40-27(38)32-13-7-8-18(31-4)12-11-17-14-22-19(15-23(17)39-5)25(34-16-33-22)36-26(37)35-24-20(29)9-6-10-21(24)30/h6,9-10,14-16,18,31H,7-8,13H2,1-5H3,(H,32,38)(H2,33,34,35,36,37). The average Bonchev–Trinajstić information content (AvgIpc) is 2.89. The maximum absolute atomic E-state index is 12.7. The van der Waals surface area contributed by atoms with Crippen LogP contribution in [-0.4, -0.2) is 54.4 Å². The molecule has 2 aromatic carbocycles. The average molecular weight is 588 g/mol. The van der Waals surface area contributed by atoms with Crippen molar-refractivity contribution in [1.82, 2.24) is 20.6 Å². The summed E-state index contributed by atoms with van der Waals surface area (Å²) in [6, 6.07) is 7.72. The fraction of sp³-hybridized carbons (Fsp3) is 0.357. The fourth-order valence-electron chi connectivity index (χ4n) is 3.58. The third kappa shape index (κ3) is 8.88. The highest BCUT2D eigenvalue weighted by molar-refractivity contribution is 6.39. The number of amides is 3. The molecule has 1 atom stereocenters. The van der Waals surface area contributed by atoms with E-state index >= 15 is 0 Å². The van der Waals surface area contributed by atoms with Crippen LogP contribution in [0.4, 0.5) is 21.1 Å². The first-order valence-electron chi connectivity index (χ1n) is 12.5. The van der Waals surface area contributed by atoms with Crippen LogP contribution < -0.4 is 26.0 Å². The second-order valence-electron chi connectivity index (χ2n) is 9.65. The largest absolute Gasteiger partial charge is 0.495 e. The summed E-state index contributed by atoms with van der Waals surface area (Å²) in [5.41, 5.74) is 0.936. The third-order valence-corrected chi connectivity index (χ3v) is 6.09. The van der Waals surface area contributed by atoms with Gasteiger partial charge in [-0.2, -0.15) is 0 Å². The highest BCUT2D eigenvalue weighted by atomic mass is 35.5. The van der Waals surface area contributed by atoms with E-state index in [0.29, 0.717) is 51.6 Å². The van der Waals surface area contributed by atoms with E-state index in [0.717, 1.165) is 0 Å². The Bertz CT molecular complexity index is 1410. The van der Waals surface area contributed by atoms with E-state index < -0.39 is 17.7 Å². The molecule has 0 radical (unpaired) electrons. The van der Waals surface area contributed by atoms with Crippen LogP contribution in [-0.2, 0) is 4.74 Å². The molecule has 0 aliphatic carbocycles. The number of methoxy groups -OCH3 is 1. The lowest BCUT2D eigenvalue weighted by atomic mass is 10.1. The Hall–Kier alpha value is -3.78. The molecule has 1 heterocycles. The van der Waals surface area contributed by atoms with Gasteiger partial charge in [-0.1, -0.05) is 41.1 Å². The molecule has 3 amide bonds. The minimum absolute atomic E-state index is 0.121. The Morgan fingerprint density at radius 2 is 1.82 bits per heavy atom. The van der Waals surface area contributed by atoms with Gasteiger partial charge in [0.2, 0.25) is 0 Å². The zero-order valence-corrected chi connectivity index (χ0v) is 24.5. The fourth-order valence-corrected chi connectivity index (χ4v) is 4.08. The summed E-state index contributed by atoms with van der Waals surface area (Å²) in [6.07, 6.45) is 2.31. The number of para-hydroxylation sites is 1. The van der Waals surface area contributed by atoms with Gasteiger partial charge in [0.1, 0.15) is 23.5 Å². The van der Waals surface area contributed by atoms with Gasteiger partial charge in [0.25, 0.3) is 0 Å². The maximum atomic E-state index is 12.7. The van der Waals surface area contributed by atoms with E-state index in [4.69, 9.17) is 32.7 Å². The summed E-state index contributed by atoms with van der Waals surface area (Å²) in [4.78, 5) is 33.0. The van der Waals surface area contributed by atoms with Crippen LogP contribution in [0.15, 0.2) is 36.7 Å². The van der Waals surface area contributed by atoms with Gasteiger partial charge in [-0.15, -0.1) is 0 Å². The van der Waals surface area contributed by atoms with E-state index in [9.17, 15) is 9.59 Å². The lowest BCUT2D eigenvalue weighted by Crippen LogP contribution is -2.33. The first-order chi connectivity index (χ1) is 19.0. The SMILES string of the molecule is CNC(C#Cc1cc2ncnc(NC(=O)Nc3c(Cl)cccc3Cl)c2cc1OC)CCCNC(=O)OC(C)(C)C. The number of rotatable bonds is 8. The number of nitrogens with one attached hydrogen (secondary N) is 4. The minimum Gasteiger partial charge on any atom is -0.495 e. The third-order valence-electron chi connectivity index (χ3n) is 5.46. The van der Waals surface area contributed by atoms with Crippen LogP contribution in [0, 0.1) is 11.8 Å². The molecule has 0 saturated heterocycles. The number of hydrogen-bond acceptors (Lipinski definition) is 7. The molecule has 0 spiro atoms. The smallest absolute Gasteiger partial charge is 0.407 e. The van der Waals surface area contributed by atoms with Gasteiger partial charge in [0.15, 0.2) is 0 Å². The molecule has 3 rings (SSSR count). The summed E-state index contributed by atoms with van der Waals surface area (Å²) in [6.45, 7) is 5.92. The number of aromatic nitrogens is 2. The van der Waals surface area contributed by atoms with E-state index in [1.54, 1.807) is 30.3 Å². The Morgan fingerprint density at radius 1 is 1.10 bits per heavy atom. The second kappa shape index (κ2) is 14.0. The van der Waals surface area contributed by atoms with Gasteiger partial charge in [-0.3, -0.25) is 5.32 Å². The minimum atomic E-state index is -0.573. The van der Waals surface area contributed by atoms with E-state index in [-0.39, 0.29) is 17.5 Å².